The second-order valence-corrected chi connectivity index (χ2v) is 11.9. The minimum atomic E-state index is -0.471. The third-order valence-electron chi connectivity index (χ3n) is 9.50. The van der Waals surface area contributed by atoms with E-state index in [2.05, 4.69) is 17.0 Å². The standard InChI is InChI=1S/C34H38FN3O3/c1-41-28-13-11-25(12-14-28)21-37-20-17-34(33(37)40)15-18-36(19-16-34)22-27-23-38(24-30(27)26-7-3-2-4-8-26)32(39)29-9-5-6-10-31(29)35/h2-14,27,30H,15-24H2,1H3/t27-,30+/m0/s1. The summed E-state index contributed by atoms with van der Waals surface area (Å²) in [6.45, 7) is 5.24. The number of hydrogen-bond donors (Lipinski definition) is 0. The maximum absolute atomic E-state index is 14.4. The lowest BCUT2D eigenvalue weighted by Crippen LogP contribution is -2.46. The van der Waals surface area contributed by atoms with E-state index in [1.165, 1.54) is 11.6 Å². The molecule has 0 saturated carbocycles. The van der Waals surface area contributed by atoms with Crippen LogP contribution in [-0.4, -0.2) is 72.9 Å². The summed E-state index contributed by atoms with van der Waals surface area (Å²) in [5.41, 5.74) is 2.22. The Morgan fingerprint density at radius 1 is 0.902 bits per heavy atom. The minimum Gasteiger partial charge on any atom is -0.497 e. The predicted octanol–water partition coefficient (Wildman–Crippen LogP) is 5.20. The highest BCUT2D eigenvalue weighted by molar-refractivity contribution is 5.94. The highest BCUT2D eigenvalue weighted by Gasteiger charge is 2.48. The Morgan fingerprint density at radius 3 is 2.29 bits per heavy atom. The van der Waals surface area contributed by atoms with Crippen molar-refractivity contribution in [2.75, 3.05) is 46.4 Å². The number of methoxy groups -OCH3 is 1. The Balaban J connectivity index is 1.10. The highest BCUT2D eigenvalue weighted by Crippen LogP contribution is 2.43. The first-order valence-electron chi connectivity index (χ1n) is 14.7. The summed E-state index contributed by atoms with van der Waals surface area (Å²) >= 11 is 0. The zero-order chi connectivity index (χ0) is 28.4. The van der Waals surface area contributed by atoms with Crippen LogP contribution >= 0.6 is 0 Å². The monoisotopic (exact) mass is 555 g/mol. The molecule has 214 valence electrons. The molecule has 7 heteroatoms. The van der Waals surface area contributed by atoms with Gasteiger partial charge in [-0.3, -0.25) is 9.59 Å². The fraction of sp³-hybridized carbons (Fsp3) is 0.412. The molecule has 41 heavy (non-hydrogen) atoms. The fourth-order valence-electron chi connectivity index (χ4n) is 7.06. The molecule has 3 saturated heterocycles. The van der Waals surface area contributed by atoms with E-state index in [1.807, 2.05) is 52.3 Å². The van der Waals surface area contributed by atoms with Crippen LogP contribution in [0.2, 0.25) is 0 Å². The van der Waals surface area contributed by atoms with Gasteiger partial charge < -0.3 is 19.4 Å². The number of rotatable bonds is 7. The van der Waals surface area contributed by atoms with E-state index in [1.54, 1.807) is 25.3 Å². The number of likely N-dealkylation sites (tertiary alicyclic amines) is 3. The van der Waals surface area contributed by atoms with Gasteiger partial charge in [0.1, 0.15) is 11.6 Å². The highest BCUT2D eigenvalue weighted by atomic mass is 19.1. The average molecular weight is 556 g/mol. The molecular formula is C34H38FN3O3. The molecule has 3 aromatic rings. The molecule has 3 aliphatic rings. The Labute approximate surface area is 241 Å². The van der Waals surface area contributed by atoms with Gasteiger partial charge in [0.15, 0.2) is 0 Å². The van der Waals surface area contributed by atoms with Crippen LogP contribution in [0.5, 0.6) is 5.75 Å². The number of benzene rings is 3. The van der Waals surface area contributed by atoms with Crippen LogP contribution in [0.15, 0.2) is 78.9 Å². The van der Waals surface area contributed by atoms with Crippen LogP contribution in [0.4, 0.5) is 4.39 Å². The van der Waals surface area contributed by atoms with E-state index in [0.717, 1.165) is 56.8 Å². The van der Waals surface area contributed by atoms with Crippen molar-refractivity contribution in [3.05, 3.63) is 101 Å². The van der Waals surface area contributed by atoms with Crippen molar-refractivity contribution in [3.8, 4) is 5.75 Å². The van der Waals surface area contributed by atoms with Crippen LogP contribution in [0.1, 0.15) is 46.7 Å². The summed E-state index contributed by atoms with van der Waals surface area (Å²) in [4.78, 5) is 33.2. The Hall–Kier alpha value is -3.71. The number of carbonyl (C=O) groups is 2. The van der Waals surface area contributed by atoms with E-state index in [0.29, 0.717) is 19.6 Å². The molecule has 2 amide bonds. The van der Waals surface area contributed by atoms with Crippen LogP contribution in [0.3, 0.4) is 0 Å². The normalized spacial score (nSPS) is 22.4. The molecular weight excluding hydrogens is 517 g/mol. The van der Waals surface area contributed by atoms with Gasteiger partial charge in [-0.25, -0.2) is 4.39 Å². The predicted molar refractivity (Wildman–Crippen MR) is 156 cm³/mol. The zero-order valence-corrected chi connectivity index (χ0v) is 23.7. The summed E-state index contributed by atoms with van der Waals surface area (Å²) in [6.07, 6.45) is 2.65. The van der Waals surface area contributed by atoms with Crippen molar-refractivity contribution in [1.82, 2.24) is 14.7 Å². The number of ether oxygens (including phenoxy) is 1. The molecule has 3 fully saturated rings. The second kappa shape index (κ2) is 11.6. The van der Waals surface area contributed by atoms with E-state index in [4.69, 9.17) is 4.74 Å². The molecule has 0 unspecified atom stereocenters. The van der Waals surface area contributed by atoms with Crippen molar-refractivity contribution >= 4 is 11.8 Å². The summed E-state index contributed by atoms with van der Waals surface area (Å²) < 4.78 is 19.7. The number of hydrogen-bond acceptors (Lipinski definition) is 4. The van der Waals surface area contributed by atoms with Crippen molar-refractivity contribution < 1.29 is 18.7 Å². The molecule has 0 aliphatic carbocycles. The molecule has 3 aliphatic heterocycles. The molecule has 6 nitrogen and oxygen atoms in total. The molecule has 0 bridgehead atoms. The molecule has 0 N–H and O–H groups in total. The number of piperidine rings is 1. The van der Waals surface area contributed by atoms with Crippen molar-refractivity contribution in [2.45, 2.75) is 31.7 Å². The molecule has 1 spiro atoms. The lowest BCUT2D eigenvalue weighted by Gasteiger charge is -2.39. The number of carbonyl (C=O) groups excluding carboxylic acids is 2. The van der Waals surface area contributed by atoms with Gasteiger partial charge in [0.25, 0.3) is 5.91 Å². The summed E-state index contributed by atoms with van der Waals surface area (Å²) in [6, 6.07) is 24.6. The van der Waals surface area contributed by atoms with Gasteiger partial charge in [-0.2, -0.15) is 0 Å². The second-order valence-electron chi connectivity index (χ2n) is 11.9. The van der Waals surface area contributed by atoms with Crippen molar-refractivity contribution in [2.24, 2.45) is 11.3 Å². The fourth-order valence-corrected chi connectivity index (χ4v) is 7.06. The number of halogens is 1. The minimum absolute atomic E-state index is 0.138. The first-order chi connectivity index (χ1) is 20.0. The zero-order valence-electron chi connectivity index (χ0n) is 23.7. The van der Waals surface area contributed by atoms with Crippen molar-refractivity contribution in [3.63, 3.8) is 0 Å². The lowest BCUT2D eigenvalue weighted by molar-refractivity contribution is -0.139. The summed E-state index contributed by atoms with van der Waals surface area (Å²) in [5, 5.41) is 0. The van der Waals surface area contributed by atoms with E-state index in [9.17, 15) is 14.0 Å². The maximum Gasteiger partial charge on any atom is 0.256 e. The van der Waals surface area contributed by atoms with Crippen molar-refractivity contribution in [1.29, 1.82) is 0 Å². The first-order valence-corrected chi connectivity index (χ1v) is 14.7. The van der Waals surface area contributed by atoms with E-state index < -0.39 is 5.82 Å². The van der Waals surface area contributed by atoms with Crippen LogP contribution in [0, 0.1) is 17.2 Å². The van der Waals surface area contributed by atoms with Gasteiger partial charge in [0, 0.05) is 38.6 Å². The lowest BCUT2D eigenvalue weighted by atomic mass is 9.76. The largest absolute Gasteiger partial charge is 0.497 e. The number of amides is 2. The van der Waals surface area contributed by atoms with E-state index in [-0.39, 0.29) is 34.6 Å². The van der Waals surface area contributed by atoms with Crippen LogP contribution in [0.25, 0.3) is 0 Å². The smallest absolute Gasteiger partial charge is 0.256 e. The van der Waals surface area contributed by atoms with Crippen LogP contribution < -0.4 is 4.74 Å². The average Bonchev–Trinajstić information content (AvgIpc) is 3.56. The van der Waals surface area contributed by atoms with Crippen LogP contribution in [-0.2, 0) is 11.3 Å². The third-order valence-corrected chi connectivity index (χ3v) is 9.50. The van der Waals surface area contributed by atoms with Gasteiger partial charge in [-0.1, -0.05) is 54.6 Å². The number of nitrogens with zero attached hydrogens (tertiary/aromatic N) is 3. The SMILES string of the molecule is COc1ccc(CN2CCC3(CCN(C[C@H]4CN(C(=O)c5ccccc5F)C[C@@H]4c4ccccc4)CC3)C2=O)cc1. The third kappa shape index (κ3) is 5.60. The molecule has 2 atom stereocenters. The molecule has 0 radical (unpaired) electrons. The Morgan fingerprint density at radius 2 is 1.59 bits per heavy atom. The summed E-state index contributed by atoms with van der Waals surface area (Å²) in [5.74, 6) is 0.835. The van der Waals surface area contributed by atoms with Gasteiger partial charge in [-0.05, 0) is 73.7 Å². The maximum atomic E-state index is 14.4. The molecule has 3 aromatic carbocycles. The van der Waals surface area contributed by atoms with Gasteiger partial charge >= 0.3 is 0 Å². The summed E-state index contributed by atoms with van der Waals surface area (Å²) in [7, 11) is 1.66. The molecule has 3 heterocycles. The topological polar surface area (TPSA) is 53.1 Å². The quantitative estimate of drug-likeness (QED) is 0.402. The molecule has 6 rings (SSSR count). The van der Waals surface area contributed by atoms with E-state index >= 15 is 0 Å². The van der Waals surface area contributed by atoms with Gasteiger partial charge in [0.2, 0.25) is 5.91 Å². The van der Waals surface area contributed by atoms with Gasteiger partial charge in [-0.15, -0.1) is 0 Å². The molecule has 0 aromatic heterocycles. The Kier molecular flexibility index (Phi) is 7.80. The Bertz CT molecular complexity index is 1370. The van der Waals surface area contributed by atoms with Gasteiger partial charge in [0.05, 0.1) is 18.1 Å². The first kappa shape index (κ1) is 27.5.